The number of hydrogen-bond acceptors (Lipinski definition) is 2. The zero-order valence-corrected chi connectivity index (χ0v) is 13.7. The van der Waals surface area contributed by atoms with Crippen LogP contribution < -0.4 is 5.32 Å². The van der Waals surface area contributed by atoms with Gasteiger partial charge in [-0.15, -0.1) is 0 Å². The molecule has 21 heavy (non-hydrogen) atoms. The Labute approximate surface area is 129 Å². The maximum absolute atomic E-state index is 4.89. The van der Waals surface area contributed by atoms with Crippen LogP contribution in [0.3, 0.4) is 0 Å². The van der Waals surface area contributed by atoms with Crippen LogP contribution in [0.2, 0.25) is 0 Å². The lowest BCUT2D eigenvalue weighted by Gasteiger charge is -2.35. The van der Waals surface area contributed by atoms with Crippen molar-refractivity contribution in [1.82, 2.24) is 15.1 Å². The van der Waals surface area contributed by atoms with Crippen LogP contribution in [-0.2, 0) is 6.42 Å². The molecule has 2 aliphatic rings. The first kappa shape index (κ1) is 15.1. The molecule has 118 valence electrons. The fourth-order valence-electron chi connectivity index (χ4n) is 4.46. The minimum absolute atomic E-state index is 0.675. The van der Waals surface area contributed by atoms with Gasteiger partial charge in [0.05, 0.1) is 11.7 Å². The van der Waals surface area contributed by atoms with Gasteiger partial charge in [0.1, 0.15) is 0 Å². The Hall–Kier alpha value is -0.830. The van der Waals surface area contributed by atoms with Crippen LogP contribution in [0.25, 0.3) is 0 Å². The van der Waals surface area contributed by atoms with E-state index in [0.29, 0.717) is 12.1 Å². The summed E-state index contributed by atoms with van der Waals surface area (Å²) in [4.78, 5) is 0. The summed E-state index contributed by atoms with van der Waals surface area (Å²) in [5.74, 6) is 1.69. The second kappa shape index (κ2) is 6.95. The van der Waals surface area contributed by atoms with E-state index >= 15 is 0 Å². The lowest BCUT2D eigenvalue weighted by Crippen LogP contribution is -2.39. The van der Waals surface area contributed by atoms with Crippen molar-refractivity contribution in [2.45, 2.75) is 76.8 Å². The van der Waals surface area contributed by atoms with E-state index in [9.17, 15) is 0 Å². The monoisotopic (exact) mass is 289 g/mol. The third kappa shape index (κ3) is 3.50. The fraction of sp³-hybridized carbons (Fsp3) is 0.833. The van der Waals surface area contributed by atoms with Crippen molar-refractivity contribution < 1.29 is 0 Å². The van der Waals surface area contributed by atoms with E-state index in [4.69, 9.17) is 5.10 Å². The summed E-state index contributed by atoms with van der Waals surface area (Å²) >= 11 is 0. The predicted molar refractivity (Wildman–Crippen MR) is 87.4 cm³/mol. The highest BCUT2D eigenvalue weighted by molar-refractivity contribution is 5.03. The zero-order chi connectivity index (χ0) is 14.7. The molecule has 0 aromatic carbocycles. The van der Waals surface area contributed by atoms with Gasteiger partial charge in [-0.2, -0.15) is 5.10 Å². The predicted octanol–water partition coefficient (Wildman–Crippen LogP) is 3.96. The second-order valence-corrected chi connectivity index (χ2v) is 7.17. The Balaban J connectivity index is 1.63. The van der Waals surface area contributed by atoms with Crippen LogP contribution in [0.5, 0.6) is 0 Å². The van der Waals surface area contributed by atoms with Crippen molar-refractivity contribution in [3.05, 3.63) is 18.0 Å². The van der Waals surface area contributed by atoms with E-state index in [1.165, 1.54) is 57.1 Å². The molecule has 3 atom stereocenters. The van der Waals surface area contributed by atoms with Crippen molar-refractivity contribution in [3.63, 3.8) is 0 Å². The van der Waals surface area contributed by atoms with Crippen molar-refractivity contribution in [2.75, 3.05) is 7.05 Å². The van der Waals surface area contributed by atoms with Crippen molar-refractivity contribution in [1.29, 1.82) is 0 Å². The fourth-order valence-corrected chi connectivity index (χ4v) is 4.46. The number of aromatic nitrogens is 2. The number of hydrogen-bond donors (Lipinski definition) is 1. The van der Waals surface area contributed by atoms with E-state index < -0.39 is 0 Å². The molecule has 0 saturated heterocycles. The standard InChI is InChI=1S/C18H31N3/c1-3-14-8-9-18(19-2)15(12-14)13-16-10-11-21(20-16)17-6-4-5-7-17/h10-11,14-15,17-19H,3-9,12-13H2,1-2H3. The molecule has 0 radical (unpaired) electrons. The normalized spacial score (nSPS) is 30.9. The van der Waals surface area contributed by atoms with Gasteiger partial charge in [-0.3, -0.25) is 4.68 Å². The van der Waals surface area contributed by atoms with E-state index in [2.05, 4.69) is 36.2 Å². The second-order valence-electron chi connectivity index (χ2n) is 7.17. The molecule has 1 heterocycles. The third-order valence-corrected chi connectivity index (χ3v) is 5.87. The van der Waals surface area contributed by atoms with Gasteiger partial charge >= 0.3 is 0 Å². The lowest BCUT2D eigenvalue weighted by molar-refractivity contribution is 0.203. The first-order valence-corrected chi connectivity index (χ1v) is 9.01. The molecule has 0 aliphatic heterocycles. The first-order chi connectivity index (χ1) is 10.3. The highest BCUT2D eigenvalue weighted by atomic mass is 15.3. The van der Waals surface area contributed by atoms with Crippen LogP contribution in [0.4, 0.5) is 0 Å². The Bertz CT molecular complexity index is 433. The summed E-state index contributed by atoms with van der Waals surface area (Å²) in [5, 5.41) is 8.44. The summed E-state index contributed by atoms with van der Waals surface area (Å²) in [6.45, 7) is 2.34. The molecule has 3 nitrogen and oxygen atoms in total. The molecule has 1 aromatic rings. The van der Waals surface area contributed by atoms with E-state index in [1.54, 1.807) is 0 Å². The molecule has 1 N–H and O–H groups in total. The van der Waals surface area contributed by atoms with Crippen LogP contribution in [0.15, 0.2) is 12.3 Å². The van der Waals surface area contributed by atoms with E-state index in [1.807, 2.05) is 0 Å². The minimum atomic E-state index is 0.675. The molecule has 0 spiro atoms. The van der Waals surface area contributed by atoms with Gasteiger partial charge in [-0.25, -0.2) is 0 Å². The van der Waals surface area contributed by atoms with Gasteiger partial charge in [0, 0.05) is 12.2 Å². The molecule has 2 saturated carbocycles. The summed E-state index contributed by atoms with van der Waals surface area (Å²) in [5.41, 5.74) is 1.31. The largest absolute Gasteiger partial charge is 0.317 e. The molecule has 0 bridgehead atoms. The van der Waals surface area contributed by atoms with Gasteiger partial charge in [0.15, 0.2) is 0 Å². The molecule has 3 unspecified atom stereocenters. The molecule has 3 heteroatoms. The summed E-state index contributed by atoms with van der Waals surface area (Å²) < 4.78 is 2.25. The lowest BCUT2D eigenvalue weighted by atomic mass is 9.75. The van der Waals surface area contributed by atoms with E-state index in [0.717, 1.165) is 18.3 Å². The average molecular weight is 289 g/mol. The summed E-state index contributed by atoms with van der Waals surface area (Å²) in [6, 6.07) is 3.62. The molecule has 2 aliphatic carbocycles. The van der Waals surface area contributed by atoms with Gasteiger partial charge in [-0.05, 0) is 63.5 Å². The Morgan fingerprint density at radius 3 is 2.76 bits per heavy atom. The maximum Gasteiger partial charge on any atom is 0.0628 e. The van der Waals surface area contributed by atoms with E-state index in [-0.39, 0.29) is 0 Å². The molecular formula is C18H31N3. The molecule has 1 aromatic heterocycles. The minimum Gasteiger partial charge on any atom is -0.317 e. The van der Waals surface area contributed by atoms with Crippen LogP contribution in [0, 0.1) is 11.8 Å². The van der Waals surface area contributed by atoms with Crippen LogP contribution in [-0.4, -0.2) is 22.9 Å². The quantitative estimate of drug-likeness (QED) is 0.889. The molecular weight excluding hydrogens is 258 g/mol. The average Bonchev–Trinajstić information content (AvgIpc) is 3.18. The van der Waals surface area contributed by atoms with Gasteiger partial charge in [-0.1, -0.05) is 26.2 Å². The number of nitrogens with zero attached hydrogens (tertiary/aromatic N) is 2. The highest BCUT2D eigenvalue weighted by Gasteiger charge is 2.29. The van der Waals surface area contributed by atoms with Gasteiger partial charge in [0.2, 0.25) is 0 Å². The third-order valence-electron chi connectivity index (χ3n) is 5.87. The van der Waals surface area contributed by atoms with Gasteiger partial charge < -0.3 is 5.32 Å². The molecule has 0 amide bonds. The van der Waals surface area contributed by atoms with Crippen molar-refractivity contribution in [3.8, 4) is 0 Å². The number of nitrogens with one attached hydrogen (secondary N) is 1. The Morgan fingerprint density at radius 2 is 2.05 bits per heavy atom. The number of rotatable bonds is 5. The van der Waals surface area contributed by atoms with Crippen LogP contribution >= 0.6 is 0 Å². The van der Waals surface area contributed by atoms with Gasteiger partial charge in [0.25, 0.3) is 0 Å². The summed E-state index contributed by atoms with van der Waals surface area (Å²) in [7, 11) is 2.13. The Morgan fingerprint density at radius 1 is 1.24 bits per heavy atom. The van der Waals surface area contributed by atoms with Crippen molar-refractivity contribution in [2.24, 2.45) is 11.8 Å². The van der Waals surface area contributed by atoms with Crippen molar-refractivity contribution >= 4 is 0 Å². The zero-order valence-electron chi connectivity index (χ0n) is 13.7. The first-order valence-electron chi connectivity index (χ1n) is 9.01. The topological polar surface area (TPSA) is 29.9 Å². The summed E-state index contributed by atoms with van der Waals surface area (Å²) in [6.07, 6.45) is 14.2. The van der Waals surface area contributed by atoms with Crippen LogP contribution in [0.1, 0.15) is 70.0 Å². The Kier molecular flexibility index (Phi) is 4.99. The highest BCUT2D eigenvalue weighted by Crippen LogP contribution is 2.34. The molecule has 3 rings (SSSR count). The molecule has 2 fully saturated rings. The SMILES string of the molecule is CCC1CCC(NC)C(Cc2ccn(C3CCCC3)n2)C1. The maximum atomic E-state index is 4.89. The smallest absolute Gasteiger partial charge is 0.0628 e.